The molecule has 29 heavy (non-hydrogen) atoms. The lowest BCUT2D eigenvalue weighted by Crippen LogP contribution is -2.34. The lowest BCUT2D eigenvalue weighted by atomic mass is 9.62. The van der Waals surface area contributed by atoms with Crippen molar-refractivity contribution in [2.75, 3.05) is 6.61 Å². The lowest BCUT2D eigenvalue weighted by molar-refractivity contribution is -0.137. The van der Waals surface area contributed by atoms with Gasteiger partial charge in [-0.15, -0.1) is 0 Å². The maximum absolute atomic E-state index is 11.6. The van der Waals surface area contributed by atoms with E-state index in [1.54, 1.807) is 11.6 Å². The number of rotatable bonds is 5. The molecule has 3 rings (SSSR count). The molecule has 0 fully saturated rings. The molecule has 0 aliphatic heterocycles. The second-order valence-corrected chi connectivity index (χ2v) is 9.84. The van der Waals surface area contributed by atoms with Crippen LogP contribution in [0.2, 0.25) is 0 Å². The molecule has 0 N–H and O–H groups in total. The first-order chi connectivity index (χ1) is 13.6. The summed E-state index contributed by atoms with van der Waals surface area (Å²) < 4.78 is 4.98. The van der Waals surface area contributed by atoms with Gasteiger partial charge in [0.2, 0.25) is 0 Å². The van der Waals surface area contributed by atoms with Gasteiger partial charge in [-0.1, -0.05) is 58.1 Å². The minimum atomic E-state index is -0.270. The van der Waals surface area contributed by atoms with Gasteiger partial charge in [0.1, 0.15) is 0 Å². The normalized spacial score (nSPS) is 20.1. The highest BCUT2D eigenvalue weighted by Gasteiger charge is 2.37. The van der Waals surface area contributed by atoms with Crippen LogP contribution >= 0.6 is 0 Å². The Balaban J connectivity index is 1.86. The average molecular weight is 393 g/mol. The molecule has 0 unspecified atom stereocenters. The molecular weight excluding hydrogens is 356 g/mol. The molecule has 2 aliphatic carbocycles. The second-order valence-electron chi connectivity index (χ2n) is 9.84. The van der Waals surface area contributed by atoms with Crippen molar-refractivity contribution in [1.82, 2.24) is 0 Å². The van der Waals surface area contributed by atoms with Crippen LogP contribution in [0, 0.1) is 0 Å². The minimum Gasteiger partial charge on any atom is -0.463 e. The SMILES string of the molecule is CCOC(=O)/C=C(C)/C=C/CC1=CCCc2cc3c(cc21)C(C)(C)CCC3(C)C. The molecule has 2 aliphatic rings. The van der Waals surface area contributed by atoms with Crippen LogP contribution in [-0.2, 0) is 26.8 Å². The Morgan fingerprint density at radius 3 is 2.41 bits per heavy atom. The first kappa shape index (κ1) is 21.6. The van der Waals surface area contributed by atoms with Crippen LogP contribution in [0.5, 0.6) is 0 Å². The lowest BCUT2D eigenvalue weighted by Gasteiger charge is -2.43. The molecule has 1 aromatic carbocycles. The van der Waals surface area contributed by atoms with E-state index in [0.29, 0.717) is 6.61 Å². The van der Waals surface area contributed by atoms with Crippen LogP contribution in [0.3, 0.4) is 0 Å². The van der Waals surface area contributed by atoms with Crippen LogP contribution in [0.15, 0.2) is 42.0 Å². The molecule has 0 amide bonds. The molecule has 0 aromatic heterocycles. The molecule has 0 spiro atoms. The fourth-order valence-electron chi connectivity index (χ4n) is 4.66. The number of hydrogen-bond donors (Lipinski definition) is 0. The zero-order valence-corrected chi connectivity index (χ0v) is 19.0. The minimum absolute atomic E-state index is 0.233. The number of carbonyl (C=O) groups excluding carboxylic acids is 1. The van der Waals surface area contributed by atoms with E-state index in [4.69, 9.17) is 4.74 Å². The smallest absolute Gasteiger partial charge is 0.330 e. The summed E-state index contributed by atoms with van der Waals surface area (Å²) in [6, 6.07) is 5.00. The number of aryl methyl sites for hydroxylation is 1. The Labute approximate surface area is 176 Å². The van der Waals surface area contributed by atoms with Crippen molar-refractivity contribution in [2.45, 2.75) is 84.5 Å². The standard InChI is InChI=1S/C27H36O2/c1-7-29-25(28)16-19(2)10-8-11-20-12-9-13-21-17-23-24(18-22(20)21)27(5,6)15-14-26(23,3)4/h8,10,12,16-18H,7,9,11,13-15H2,1-6H3/b10-8+,19-16+. The number of esters is 1. The van der Waals surface area contributed by atoms with E-state index in [-0.39, 0.29) is 16.8 Å². The van der Waals surface area contributed by atoms with Gasteiger partial charge >= 0.3 is 5.97 Å². The molecule has 156 valence electrons. The van der Waals surface area contributed by atoms with Gasteiger partial charge in [-0.2, -0.15) is 0 Å². The largest absolute Gasteiger partial charge is 0.463 e. The molecule has 0 heterocycles. The van der Waals surface area contributed by atoms with E-state index < -0.39 is 0 Å². The fraction of sp³-hybridized carbons (Fsp3) is 0.519. The third kappa shape index (κ3) is 4.74. The van der Waals surface area contributed by atoms with Gasteiger partial charge in [-0.05, 0) is 90.2 Å². The van der Waals surface area contributed by atoms with Crippen molar-refractivity contribution in [3.63, 3.8) is 0 Å². The van der Waals surface area contributed by atoms with Crippen molar-refractivity contribution < 1.29 is 9.53 Å². The van der Waals surface area contributed by atoms with Crippen molar-refractivity contribution in [1.29, 1.82) is 0 Å². The molecule has 1 aromatic rings. The van der Waals surface area contributed by atoms with Crippen LogP contribution < -0.4 is 0 Å². The number of allylic oxidation sites excluding steroid dienone is 5. The van der Waals surface area contributed by atoms with E-state index >= 15 is 0 Å². The Hall–Kier alpha value is -2.09. The van der Waals surface area contributed by atoms with Gasteiger partial charge in [-0.25, -0.2) is 4.79 Å². The van der Waals surface area contributed by atoms with E-state index in [1.807, 2.05) is 19.9 Å². The Morgan fingerprint density at radius 2 is 1.76 bits per heavy atom. The molecular formula is C27H36O2. The molecule has 2 nitrogen and oxygen atoms in total. The summed E-state index contributed by atoms with van der Waals surface area (Å²) in [6.07, 6.45) is 13.8. The van der Waals surface area contributed by atoms with Gasteiger partial charge < -0.3 is 4.74 Å². The van der Waals surface area contributed by atoms with Crippen LogP contribution in [0.25, 0.3) is 5.57 Å². The highest BCUT2D eigenvalue weighted by atomic mass is 16.5. The topological polar surface area (TPSA) is 26.3 Å². The summed E-state index contributed by atoms with van der Waals surface area (Å²) in [5.74, 6) is -0.270. The first-order valence-corrected chi connectivity index (χ1v) is 11.0. The number of fused-ring (bicyclic) bond motifs is 2. The van der Waals surface area contributed by atoms with Crippen molar-refractivity contribution in [3.05, 3.63) is 64.3 Å². The van der Waals surface area contributed by atoms with Gasteiger partial charge in [0.05, 0.1) is 6.61 Å². The summed E-state index contributed by atoms with van der Waals surface area (Å²) in [7, 11) is 0. The predicted octanol–water partition coefficient (Wildman–Crippen LogP) is 6.82. The summed E-state index contributed by atoms with van der Waals surface area (Å²) in [6.45, 7) is 13.8. The quantitative estimate of drug-likeness (QED) is 0.312. The van der Waals surface area contributed by atoms with E-state index in [0.717, 1.165) is 24.8 Å². The van der Waals surface area contributed by atoms with Gasteiger partial charge in [-0.3, -0.25) is 0 Å². The van der Waals surface area contributed by atoms with E-state index in [1.165, 1.54) is 35.1 Å². The number of benzene rings is 1. The summed E-state index contributed by atoms with van der Waals surface area (Å²) in [5, 5.41) is 0. The maximum atomic E-state index is 11.6. The highest BCUT2D eigenvalue weighted by Crippen LogP contribution is 2.48. The zero-order valence-electron chi connectivity index (χ0n) is 19.0. The monoisotopic (exact) mass is 392 g/mol. The van der Waals surface area contributed by atoms with Crippen LogP contribution in [0.4, 0.5) is 0 Å². The Kier molecular flexibility index (Phi) is 6.22. The molecule has 0 atom stereocenters. The highest BCUT2D eigenvalue weighted by molar-refractivity contribution is 5.83. The summed E-state index contributed by atoms with van der Waals surface area (Å²) in [5.41, 5.74) is 8.84. The van der Waals surface area contributed by atoms with Crippen molar-refractivity contribution in [2.24, 2.45) is 0 Å². The fourth-order valence-corrected chi connectivity index (χ4v) is 4.66. The summed E-state index contributed by atoms with van der Waals surface area (Å²) >= 11 is 0. The first-order valence-electron chi connectivity index (χ1n) is 11.0. The van der Waals surface area contributed by atoms with E-state index in [2.05, 4.69) is 52.0 Å². The third-order valence-electron chi connectivity index (χ3n) is 6.58. The number of ether oxygens (including phenoxy) is 1. The number of carbonyl (C=O) groups is 1. The zero-order chi connectivity index (χ0) is 21.2. The molecule has 0 saturated carbocycles. The van der Waals surface area contributed by atoms with Gasteiger partial charge in [0.15, 0.2) is 0 Å². The van der Waals surface area contributed by atoms with Gasteiger partial charge in [0, 0.05) is 6.08 Å². The number of hydrogen-bond acceptors (Lipinski definition) is 2. The Morgan fingerprint density at radius 1 is 1.10 bits per heavy atom. The third-order valence-corrected chi connectivity index (χ3v) is 6.58. The van der Waals surface area contributed by atoms with E-state index in [9.17, 15) is 4.79 Å². The maximum Gasteiger partial charge on any atom is 0.330 e. The van der Waals surface area contributed by atoms with Crippen molar-refractivity contribution >= 4 is 11.5 Å². The van der Waals surface area contributed by atoms with Crippen LogP contribution in [-0.4, -0.2) is 12.6 Å². The van der Waals surface area contributed by atoms with Crippen molar-refractivity contribution in [3.8, 4) is 0 Å². The summed E-state index contributed by atoms with van der Waals surface area (Å²) in [4.78, 5) is 11.6. The molecule has 0 bridgehead atoms. The second kappa shape index (κ2) is 8.34. The Bertz CT molecular complexity index is 878. The molecule has 2 heteroatoms. The van der Waals surface area contributed by atoms with Crippen LogP contribution in [0.1, 0.15) is 89.5 Å². The predicted molar refractivity (Wildman–Crippen MR) is 122 cm³/mol. The average Bonchev–Trinajstić information content (AvgIpc) is 2.65. The molecule has 0 saturated heterocycles. The molecule has 0 radical (unpaired) electrons. The van der Waals surface area contributed by atoms with Gasteiger partial charge in [0.25, 0.3) is 0 Å².